The van der Waals surface area contributed by atoms with Gasteiger partial charge in [0.15, 0.2) is 0 Å². The van der Waals surface area contributed by atoms with Crippen LogP contribution in [0.1, 0.15) is 30.5 Å². The molecule has 2 unspecified atom stereocenters. The summed E-state index contributed by atoms with van der Waals surface area (Å²) in [5.41, 5.74) is -0.0966. The van der Waals surface area contributed by atoms with E-state index in [0.717, 1.165) is 17.7 Å². The molecule has 0 aliphatic carbocycles. The highest BCUT2D eigenvalue weighted by Gasteiger charge is 2.35. The molecular formula is C20H19ClF3N3O2. The molecule has 3 rings (SSSR count). The lowest BCUT2D eigenvalue weighted by atomic mass is 10.1. The van der Waals surface area contributed by atoms with Crippen molar-refractivity contribution in [2.45, 2.75) is 31.6 Å². The van der Waals surface area contributed by atoms with Crippen LogP contribution in [0.2, 0.25) is 5.02 Å². The van der Waals surface area contributed by atoms with Gasteiger partial charge in [-0.05, 0) is 30.7 Å². The third kappa shape index (κ3) is 5.00. The number of nitrogens with zero attached hydrogens (tertiary/aromatic N) is 1. The predicted octanol–water partition coefficient (Wildman–Crippen LogP) is 4.84. The molecule has 1 saturated heterocycles. The van der Waals surface area contributed by atoms with Crippen molar-refractivity contribution in [1.82, 2.24) is 10.2 Å². The van der Waals surface area contributed by atoms with Gasteiger partial charge in [0.25, 0.3) is 0 Å². The van der Waals surface area contributed by atoms with E-state index in [1.54, 1.807) is 4.90 Å². The Kier molecular flexibility index (Phi) is 6.02. The number of likely N-dealkylation sites (tertiary alicyclic amines) is 1. The monoisotopic (exact) mass is 425 g/mol. The average Bonchev–Trinajstić information content (AvgIpc) is 3.02. The smallest absolute Gasteiger partial charge is 0.334 e. The van der Waals surface area contributed by atoms with Crippen molar-refractivity contribution in [3.8, 4) is 0 Å². The van der Waals surface area contributed by atoms with Crippen molar-refractivity contribution in [3.05, 3.63) is 64.7 Å². The van der Waals surface area contributed by atoms with Crippen molar-refractivity contribution in [3.63, 3.8) is 0 Å². The number of amides is 3. The first-order valence-electron chi connectivity index (χ1n) is 8.94. The van der Waals surface area contributed by atoms with Crippen LogP contribution in [0, 0.1) is 0 Å². The van der Waals surface area contributed by atoms with E-state index in [2.05, 4.69) is 10.6 Å². The van der Waals surface area contributed by atoms with Crippen molar-refractivity contribution < 1.29 is 22.8 Å². The summed E-state index contributed by atoms with van der Waals surface area (Å²) >= 11 is 5.58. The van der Waals surface area contributed by atoms with Gasteiger partial charge in [-0.25, -0.2) is 4.79 Å². The summed E-state index contributed by atoms with van der Waals surface area (Å²) in [4.78, 5) is 26.2. The van der Waals surface area contributed by atoms with Crippen LogP contribution < -0.4 is 10.6 Å². The van der Waals surface area contributed by atoms with Gasteiger partial charge in [-0.15, -0.1) is 0 Å². The van der Waals surface area contributed by atoms with Crippen molar-refractivity contribution >= 4 is 29.2 Å². The molecule has 2 aromatic carbocycles. The molecule has 154 valence electrons. The molecule has 0 saturated carbocycles. The molecular weight excluding hydrogens is 407 g/mol. The van der Waals surface area contributed by atoms with Gasteiger partial charge in [0.05, 0.1) is 22.7 Å². The molecule has 0 aromatic heterocycles. The lowest BCUT2D eigenvalue weighted by molar-refractivity contribution is -0.137. The van der Waals surface area contributed by atoms with Crippen LogP contribution >= 0.6 is 11.6 Å². The molecule has 1 aliphatic rings. The highest BCUT2D eigenvalue weighted by Crippen LogP contribution is 2.36. The van der Waals surface area contributed by atoms with Crippen molar-refractivity contribution in [1.29, 1.82) is 0 Å². The summed E-state index contributed by atoms with van der Waals surface area (Å²) in [6.45, 7) is 2.22. The number of benzene rings is 2. The number of anilines is 1. The number of hydrogen-bond donors (Lipinski definition) is 2. The van der Waals surface area contributed by atoms with Gasteiger partial charge in [-0.2, -0.15) is 13.2 Å². The van der Waals surface area contributed by atoms with Crippen LogP contribution in [0.15, 0.2) is 48.5 Å². The maximum absolute atomic E-state index is 12.9. The molecule has 1 heterocycles. The maximum atomic E-state index is 12.9. The zero-order valence-corrected chi connectivity index (χ0v) is 16.2. The molecule has 29 heavy (non-hydrogen) atoms. The Morgan fingerprint density at radius 2 is 1.90 bits per heavy atom. The molecule has 2 atom stereocenters. The summed E-state index contributed by atoms with van der Waals surface area (Å²) in [5, 5.41) is 4.55. The van der Waals surface area contributed by atoms with E-state index in [4.69, 9.17) is 11.6 Å². The van der Waals surface area contributed by atoms with E-state index < -0.39 is 28.8 Å². The molecule has 2 aromatic rings. The molecule has 0 spiro atoms. The molecule has 3 amide bonds. The largest absolute Gasteiger partial charge is 0.417 e. The summed E-state index contributed by atoms with van der Waals surface area (Å²) in [6.07, 6.45) is -4.50. The topological polar surface area (TPSA) is 61.4 Å². The molecule has 1 fully saturated rings. The molecule has 2 N–H and O–H groups in total. The minimum atomic E-state index is -4.63. The highest BCUT2D eigenvalue weighted by atomic mass is 35.5. The zero-order chi connectivity index (χ0) is 21.2. The number of alkyl halides is 3. The lowest BCUT2D eigenvalue weighted by Gasteiger charge is -2.25. The van der Waals surface area contributed by atoms with Gasteiger partial charge >= 0.3 is 12.2 Å². The quantitative estimate of drug-likeness (QED) is 0.736. The van der Waals surface area contributed by atoms with E-state index in [1.165, 1.54) is 6.07 Å². The molecule has 9 heteroatoms. The molecule has 5 nitrogen and oxygen atoms in total. The Morgan fingerprint density at radius 1 is 1.21 bits per heavy atom. The number of nitrogens with one attached hydrogen (secondary N) is 2. The van der Waals surface area contributed by atoms with E-state index in [0.29, 0.717) is 6.54 Å². The van der Waals surface area contributed by atoms with Crippen LogP contribution in [0.5, 0.6) is 0 Å². The third-order valence-electron chi connectivity index (χ3n) is 4.77. The Balaban J connectivity index is 1.61. The number of hydrogen-bond acceptors (Lipinski definition) is 2. The van der Waals surface area contributed by atoms with Crippen LogP contribution in [0.25, 0.3) is 0 Å². The SMILES string of the molecule is CC(c1ccccc1)N1CC(NC(=O)Nc2ccc(Cl)c(C(F)(F)F)c2)CC1=O. The second-order valence-electron chi connectivity index (χ2n) is 6.82. The fourth-order valence-corrected chi connectivity index (χ4v) is 3.51. The average molecular weight is 426 g/mol. The molecule has 1 aliphatic heterocycles. The third-order valence-corrected chi connectivity index (χ3v) is 5.10. The van der Waals surface area contributed by atoms with Gasteiger partial charge in [0.2, 0.25) is 5.91 Å². The number of halogens is 4. The van der Waals surface area contributed by atoms with E-state index in [-0.39, 0.29) is 24.1 Å². The maximum Gasteiger partial charge on any atom is 0.417 e. The minimum absolute atomic E-state index is 0.0435. The summed E-state index contributed by atoms with van der Waals surface area (Å²) < 4.78 is 38.8. The minimum Gasteiger partial charge on any atom is -0.334 e. The van der Waals surface area contributed by atoms with Crippen LogP contribution in [0.4, 0.5) is 23.7 Å². The second-order valence-corrected chi connectivity index (χ2v) is 7.23. The second kappa shape index (κ2) is 8.32. The highest BCUT2D eigenvalue weighted by molar-refractivity contribution is 6.31. The predicted molar refractivity (Wildman–Crippen MR) is 104 cm³/mol. The summed E-state index contributed by atoms with van der Waals surface area (Å²) in [6, 6.07) is 11.3. The Morgan fingerprint density at radius 3 is 2.55 bits per heavy atom. The lowest BCUT2D eigenvalue weighted by Crippen LogP contribution is -2.40. The zero-order valence-electron chi connectivity index (χ0n) is 15.5. The van der Waals surface area contributed by atoms with Gasteiger partial charge in [-0.3, -0.25) is 4.79 Å². The number of urea groups is 1. The van der Waals surface area contributed by atoms with Gasteiger partial charge in [0, 0.05) is 18.7 Å². The Labute approximate surface area is 170 Å². The first-order valence-corrected chi connectivity index (χ1v) is 9.31. The summed E-state index contributed by atoms with van der Waals surface area (Å²) in [5.74, 6) is -0.0995. The first-order chi connectivity index (χ1) is 13.6. The first kappa shape index (κ1) is 21.0. The van der Waals surface area contributed by atoms with Crippen molar-refractivity contribution in [2.24, 2.45) is 0 Å². The normalized spacial score (nSPS) is 17.9. The van der Waals surface area contributed by atoms with Gasteiger partial charge in [-0.1, -0.05) is 41.9 Å². The summed E-state index contributed by atoms with van der Waals surface area (Å²) in [7, 11) is 0. The van der Waals surface area contributed by atoms with E-state index >= 15 is 0 Å². The molecule has 0 bridgehead atoms. The Hall–Kier alpha value is -2.74. The van der Waals surface area contributed by atoms with E-state index in [1.807, 2.05) is 37.3 Å². The molecule has 0 radical (unpaired) electrons. The van der Waals surface area contributed by atoms with Crippen LogP contribution in [-0.2, 0) is 11.0 Å². The number of rotatable bonds is 4. The van der Waals surface area contributed by atoms with Crippen LogP contribution in [-0.4, -0.2) is 29.4 Å². The number of carbonyl (C=O) groups is 2. The fourth-order valence-electron chi connectivity index (χ4n) is 3.29. The number of carbonyl (C=O) groups excluding carboxylic acids is 2. The van der Waals surface area contributed by atoms with Gasteiger partial charge in [0.1, 0.15) is 0 Å². The van der Waals surface area contributed by atoms with Crippen molar-refractivity contribution in [2.75, 3.05) is 11.9 Å². The standard InChI is InChI=1S/C20H19ClF3N3O2/c1-12(13-5-3-2-4-6-13)27-11-15(10-18(27)28)26-19(29)25-14-7-8-17(21)16(9-14)20(22,23)24/h2-9,12,15H,10-11H2,1H3,(H2,25,26,29). The van der Waals surface area contributed by atoms with Gasteiger partial charge < -0.3 is 15.5 Å². The fraction of sp³-hybridized carbons (Fsp3) is 0.300. The Bertz CT molecular complexity index is 906. The van der Waals surface area contributed by atoms with E-state index in [9.17, 15) is 22.8 Å². The van der Waals surface area contributed by atoms with Crippen LogP contribution in [0.3, 0.4) is 0 Å².